The number of carbonyl (C=O) groups is 1. The van der Waals surface area contributed by atoms with Crippen LogP contribution >= 0.6 is 0 Å². The average molecular weight is 310 g/mol. The SMILES string of the molecule is Cc1nn(C)c(C)c1CC(C)NC(=O)c1ccc2[nH]ccc2c1. The summed E-state index contributed by atoms with van der Waals surface area (Å²) in [5.74, 6) is -0.0419. The molecular formula is C18H22N4O. The zero-order valence-electron chi connectivity index (χ0n) is 14.0. The van der Waals surface area contributed by atoms with Gasteiger partial charge in [-0.05, 0) is 57.0 Å². The molecule has 5 heteroatoms. The van der Waals surface area contributed by atoms with E-state index in [0.29, 0.717) is 5.56 Å². The van der Waals surface area contributed by atoms with E-state index in [-0.39, 0.29) is 11.9 Å². The van der Waals surface area contributed by atoms with E-state index in [2.05, 4.69) is 22.3 Å². The summed E-state index contributed by atoms with van der Waals surface area (Å²) in [5, 5.41) is 8.55. The summed E-state index contributed by atoms with van der Waals surface area (Å²) in [6, 6.07) is 7.71. The summed E-state index contributed by atoms with van der Waals surface area (Å²) >= 11 is 0. The summed E-state index contributed by atoms with van der Waals surface area (Å²) in [5.41, 5.74) is 5.11. The van der Waals surface area contributed by atoms with Crippen molar-refractivity contribution in [2.75, 3.05) is 0 Å². The van der Waals surface area contributed by atoms with Crippen LogP contribution in [0.3, 0.4) is 0 Å². The first-order valence-corrected chi connectivity index (χ1v) is 7.83. The predicted molar refractivity (Wildman–Crippen MR) is 91.6 cm³/mol. The van der Waals surface area contributed by atoms with Gasteiger partial charge in [0.25, 0.3) is 5.91 Å². The van der Waals surface area contributed by atoms with Crippen LogP contribution in [-0.4, -0.2) is 26.7 Å². The molecule has 1 amide bonds. The van der Waals surface area contributed by atoms with Crippen LogP contribution in [0.2, 0.25) is 0 Å². The molecule has 1 unspecified atom stereocenters. The molecule has 5 nitrogen and oxygen atoms in total. The third-order valence-corrected chi connectivity index (χ3v) is 4.36. The second-order valence-electron chi connectivity index (χ2n) is 6.13. The highest BCUT2D eigenvalue weighted by molar-refractivity contribution is 5.98. The van der Waals surface area contributed by atoms with Crippen molar-refractivity contribution in [1.29, 1.82) is 0 Å². The van der Waals surface area contributed by atoms with Crippen molar-refractivity contribution < 1.29 is 4.79 Å². The van der Waals surface area contributed by atoms with Gasteiger partial charge in [0.05, 0.1) is 5.69 Å². The monoisotopic (exact) mass is 310 g/mol. The van der Waals surface area contributed by atoms with Crippen molar-refractivity contribution in [1.82, 2.24) is 20.1 Å². The molecule has 2 N–H and O–H groups in total. The number of hydrogen-bond acceptors (Lipinski definition) is 2. The Morgan fingerprint density at radius 3 is 2.83 bits per heavy atom. The second kappa shape index (κ2) is 5.91. The quantitative estimate of drug-likeness (QED) is 0.778. The number of aryl methyl sites for hydroxylation is 2. The van der Waals surface area contributed by atoms with Gasteiger partial charge in [-0.1, -0.05) is 0 Å². The summed E-state index contributed by atoms with van der Waals surface area (Å²) in [6.07, 6.45) is 2.66. The molecule has 0 aliphatic carbocycles. The highest BCUT2D eigenvalue weighted by Gasteiger charge is 2.15. The van der Waals surface area contributed by atoms with E-state index >= 15 is 0 Å². The van der Waals surface area contributed by atoms with Gasteiger partial charge in [0.2, 0.25) is 0 Å². The minimum Gasteiger partial charge on any atom is -0.361 e. The van der Waals surface area contributed by atoms with Crippen LogP contribution in [0.15, 0.2) is 30.5 Å². The Kier molecular flexibility index (Phi) is 3.94. The van der Waals surface area contributed by atoms with E-state index in [0.717, 1.165) is 28.7 Å². The maximum absolute atomic E-state index is 12.4. The van der Waals surface area contributed by atoms with Gasteiger partial charge < -0.3 is 10.3 Å². The average Bonchev–Trinajstić information content (AvgIpc) is 3.06. The molecule has 3 rings (SSSR count). The van der Waals surface area contributed by atoms with E-state index in [4.69, 9.17) is 0 Å². The molecule has 0 saturated carbocycles. The van der Waals surface area contributed by atoms with E-state index in [1.807, 2.05) is 56.0 Å². The van der Waals surface area contributed by atoms with Gasteiger partial charge in [-0.15, -0.1) is 0 Å². The van der Waals surface area contributed by atoms with Gasteiger partial charge in [-0.25, -0.2) is 0 Å². The van der Waals surface area contributed by atoms with Crippen molar-refractivity contribution in [3.05, 3.63) is 53.0 Å². The maximum atomic E-state index is 12.4. The number of nitrogens with one attached hydrogen (secondary N) is 2. The Balaban J connectivity index is 1.71. The lowest BCUT2D eigenvalue weighted by Crippen LogP contribution is -2.34. The van der Waals surface area contributed by atoms with E-state index in [9.17, 15) is 4.79 Å². The Morgan fingerprint density at radius 1 is 1.35 bits per heavy atom. The van der Waals surface area contributed by atoms with Crippen LogP contribution in [0, 0.1) is 13.8 Å². The fraction of sp³-hybridized carbons (Fsp3) is 0.333. The molecule has 0 aliphatic rings. The normalized spacial score (nSPS) is 12.5. The minimum absolute atomic E-state index is 0.0419. The van der Waals surface area contributed by atoms with Gasteiger partial charge in [-0.2, -0.15) is 5.10 Å². The van der Waals surface area contributed by atoms with Gasteiger partial charge >= 0.3 is 0 Å². The van der Waals surface area contributed by atoms with Gasteiger partial charge in [0, 0.05) is 41.4 Å². The Bertz CT molecular complexity index is 859. The number of hydrogen-bond donors (Lipinski definition) is 2. The fourth-order valence-electron chi connectivity index (χ4n) is 2.97. The van der Waals surface area contributed by atoms with Crippen LogP contribution in [0.1, 0.15) is 34.2 Å². The Labute approximate surface area is 135 Å². The Hall–Kier alpha value is -2.56. The molecule has 0 spiro atoms. The molecule has 0 aliphatic heterocycles. The number of nitrogens with zero attached hydrogens (tertiary/aromatic N) is 2. The molecule has 2 heterocycles. The lowest BCUT2D eigenvalue weighted by Gasteiger charge is -2.14. The van der Waals surface area contributed by atoms with Crippen molar-refractivity contribution in [2.24, 2.45) is 7.05 Å². The number of amides is 1. The molecule has 3 aromatic rings. The standard InChI is InChI=1S/C18H22N4O/c1-11(9-16-12(2)21-22(4)13(16)3)20-18(23)15-5-6-17-14(10-15)7-8-19-17/h5-8,10-11,19H,9H2,1-4H3,(H,20,23). The summed E-state index contributed by atoms with van der Waals surface area (Å²) in [4.78, 5) is 15.6. The van der Waals surface area contributed by atoms with Gasteiger partial charge in [-0.3, -0.25) is 9.48 Å². The zero-order valence-corrected chi connectivity index (χ0v) is 14.0. The number of rotatable bonds is 4. The second-order valence-corrected chi connectivity index (χ2v) is 6.13. The highest BCUT2D eigenvalue weighted by atomic mass is 16.1. The molecule has 23 heavy (non-hydrogen) atoms. The number of carbonyl (C=O) groups excluding carboxylic acids is 1. The van der Waals surface area contributed by atoms with E-state index in [1.54, 1.807) is 0 Å². The highest BCUT2D eigenvalue weighted by Crippen LogP contribution is 2.16. The van der Waals surface area contributed by atoms with Crippen molar-refractivity contribution in [2.45, 2.75) is 33.2 Å². The molecular weight excluding hydrogens is 288 g/mol. The smallest absolute Gasteiger partial charge is 0.251 e. The first kappa shape index (κ1) is 15.3. The molecule has 0 saturated heterocycles. The van der Waals surface area contributed by atoms with Crippen molar-refractivity contribution in [3.63, 3.8) is 0 Å². The first-order chi connectivity index (χ1) is 11.0. The van der Waals surface area contributed by atoms with Crippen LogP contribution in [0.25, 0.3) is 10.9 Å². The number of H-pyrrole nitrogens is 1. The van der Waals surface area contributed by atoms with Gasteiger partial charge in [0.1, 0.15) is 0 Å². The molecule has 0 radical (unpaired) electrons. The lowest BCUT2D eigenvalue weighted by atomic mass is 10.0. The predicted octanol–water partition coefficient (Wildman–Crippen LogP) is 2.88. The number of fused-ring (bicyclic) bond motifs is 1. The van der Waals surface area contributed by atoms with Crippen LogP contribution < -0.4 is 5.32 Å². The molecule has 0 bridgehead atoms. The maximum Gasteiger partial charge on any atom is 0.251 e. The molecule has 120 valence electrons. The van der Waals surface area contributed by atoms with Crippen LogP contribution in [0.5, 0.6) is 0 Å². The van der Waals surface area contributed by atoms with Crippen LogP contribution in [-0.2, 0) is 13.5 Å². The van der Waals surface area contributed by atoms with Crippen LogP contribution in [0.4, 0.5) is 0 Å². The largest absolute Gasteiger partial charge is 0.361 e. The van der Waals surface area contributed by atoms with Crippen molar-refractivity contribution >= 4 is 16.8 Å². The Morgan fingerprint density at radius 2 is 2.13 bits per heavy atom. The lowest BCUT2D eigenvalue weighted by molar-refractivity contribution is 0.0940. The third kappa shape index (κ3) is 2.99. The summed E-state index contributed by atoms with van der Waals surface area (Å²) in [6.45, 7) is 6.10. The summed E-state index contributed by atoms with van der Waals surface area (Å²) in [7, 11) is 1.95. The van der Waals surface area contributed by atoms with Gasteiger partial charge in [0.15, 0.2) is 0 Å². The molecule has 0 fully saturated rings. The van der Waals surface area contributed by atoms with E-state index in [1.165, 1.54) is 5.56 Å². The first-order valence-electron chi connectivity index (χ1n) is 7.83. The van der Waals surface area contributed by atoms with Crippen molar-refractivity contribution in [3.8, 4) is 0 Å². The number of benzene rings is 1. The zero-order chi connectivity index (χ0) is 16.6. The van der Waals surface area contributed by atoms with E-state index < -0.39 is 0 Å². The number of aromatic amines is 1. The topological polar surface area (TPSA) is 62.7 Å². The molecule has 1 aromatic carbocycles. The summed E-state index contributed by atoms with van der Waals surface area (Å²) < 4.78 is 1.89. The molecule has 1 atom stereocenters. The fourth-order valence-corrected chi connectivity index (χ4v) is 2.97. The minimum atomic E-state index is -0.0419. The number of aromatic nitrogens is 3. The molecule has 2 aromatic heterocycles. The third-order valence-electron chi connectivity index (χ3n) is 4.36.